The van der Waals surface area contributed by atoms with Gasteiger partial charge in [0, 0.05) is 17.5 Å². The number of ketones is 1. The van der Waals surface area contributed by atoms with E-state index in [0.717, 1.165) is 6.42 Å². The molecule has 0 aliphatic heterocycles. The van der Waals surface area contributed by atoms with Gasteiger partial charge in [0.2, 0.25) is 0 Å². The van der Waals surface area contributed by atoms with E-state index in [4.69, 9.17) is 4.74 Å². The molecule has 1 aliphatic carbocycles. The minimum atomic E-state index is -0.608. The van der Waals surface area contributed by atoms with Gasteiger partial charge in [-0.15, -0.1) is 0 Å². The van der Waals surface area contributed by atoms with Crippen LogP contribution in [0, 0.1) is 0 Å². The number of nitrogens with one attached hydrogen (secondary N) is 1. The zero-order valence-corrected chi connectivity index (χ0v) is 11.9. The van der Waals surface area contributed by atoms with E-state index in [2.05, 4.69) is 5.32 Å². The number of aromatic hydroxyl groups is 1. The molecule has 0 fully saturated rings. The molecule has 5 nitrogen and oxygen atoms in total. The van der Waals surface area contributed by atoms with Gasteiger partial charge in [0.15, 0.2) is 5.78 Å². The fourth-order valence-corrected chi connectivity index (χ4v) is 2.28. The van der Waals surface area contributed by atoms with E-state index in [1.807, 2.05) is 0 Å². The van der Waals surface area contributed by atoms with E-state index < -0.39 is 11.7 Å². The predicted octanol–water partition coefficient (Wildman–Crippen LogP) is 3.26. The predicted molar refractivity (Wildman–Crippen MR) is 75.2 cm³/mol. The van der Waals surface area contributed by atoms with Crippen LogP contribution in [0.3, 0.4) is 0 Å². The summed E-state index contributed by atoms with van der Waals surface area (Å²) in [5, 5.41) is 12.4. The van der Waals surface area contributed by atoms with E-state index in [9.17, 15) is 14.7 Å². The van der Waals surface area contributed by atoms with Crippen molar-refractivity contribution in [3.63, 3.8) is 0 Å². The highest BCUT2D eigenvalue weighted by atomic mass is 16.6. The number of benzene rings is 1. The van der Waals surface area contributed by atoms with Gasteiger partial charge in [-0.2, -0.15) is 0 Å². The lowest BCUT2D eigenvalue weighted by Gasteiger charge is -2.22. The van der Waals surface area contributed by atoms with Gasteiger partial charge in [-0.05, 0) is 45.7 Å². The summed E-state index contributed by atoms with van der Waals surface area (Å²) in [4.78, 5) is 23.8. The van der Waals surface area contributed by atoms with Crippen LogP contribution in [0.4, 0.5) is 10.5 Å². The van der Waals surface area contributed by atoms with Crippen LogP contribution in [0.15, 0.2) is 12.1 Å². The summed E-state index contributed by atoms with van der Waals surface area (Å²) in [6.45, 7) is 5.30. The van der Waals surface area contributed by atoms with Crippen molar-refractivity contribution < 1.29 is 19.4 Å². The average Bonchev–Trinajstić information content (AvgIpc) is 2.31. The molecule has 1 aromatic rings. The number of carbonyl (C=O) groups excluding carboxylic acids is 2. The van der Waals surface area contributed by atoms with Crippen LogP contribution in [0.1, 0.15) is 49.5 Å². The molecule has 20 heavy (non-hydrogen) atoms. The summed E-state index contributed by atoms with van der Waals surface area (Å²) in [6.07, 6.45) is 1.18. The number of fused-ring (bicyclic) bond motifs is 1. The quantitative estimate of drug-likeness (QED) is 0.772. The van der Waals surface area contributed by atoms with Crippen molar-refractivity contribution in [3.8, 4) is 5.75 Å². The lowest BCUT2D eigenvalue weighted by atomic mass is 9.88. The molecule has 1 aliphatic rings. The number of hydrogen-bond acceptors (Lipinski definition) is 4. The lowest BCUT2D eigenvalue weighted by Crippen LogP contribution is -2.28. The van der Waals surface area contributed by atoms with Crippen LogP contribution in [-0.2, 0) is 11.2 Å². The molecular weight excluding hydrogens is 258 g/mol. The molecule has 2 rings (SSSR count). The maximum Gasteiger partial charge on any atom is 0.412 e. The molecule has 0 unspecified atom stereocenters. The third kappa shape index (κ3) is 3.10. The SMILES string of the molecule is CC(C)(C)OC(=O)Nc1ccc(O)c2c1C(=O)CCC2. The van der Waals surface area contributed by atoms with Crippen LogP contribution in [0.5, 0.6) is 5.75 Å². The number of hydrogen-bond donors (Lipinski definition) is 2. The zero-order chi connectivity index (χ0) is 14.9. The minimum Gasteiger partial charge on any atom is -0.508 e. The molecule has 1 amide bonds. The number of phenolic OH excluding ortho intramolecular Hbond substituents is 1. The fourth-order valence-electron chi connectivity index (χ4n) is 2.28. The maximum absolute atomic E-state index is 12.0. The van der Waals surface area contributed by atoms with E-state index in [-0.39, 0.29) is 11.5 Å². The van der Waals surface area contributed by atoms with Crippen molar-refractivity contribution in [2.75, 3.05) is 5.32 Å². The van der Waals surface area contributed by atoms with Gasteiger partial charge >= 0.3 is 6.09 Å². The van der Waals surface area contributed by atoms with Crippen molar-refractivity contribution in [2.24, 2.45) is 0 Å². The highest BCUT2D eigenvalue weighted by molar-refractivity contribution is 6.06. The average molecular weight is 277 g/mol. The Morgan fingerprint density at radius 2 is 2.00 bits per heavy atom. The smallest absolute Gasteiger partial charge is 0.412 e. The third-order valence-electron chi connectivity index (χ3n) is 3.03. The van der Waals surface area contributed by atoms with Gasteiger partial charge in [-0.3, -0.25) is 10.1 Å². The minimum absolute atomic E-state index is 0.0618. The Kier molecular flexibility index (Phi) is 3.70. The van der Waals surface area contributed by atoms with Gasteiger partial charge < -0.3 is 9.84 Å². The standard InChI is InChI=1S/C15H19NO4/c1-15(2,3)20-14(19)16-10-7-8-11(17)9-5-4-6-12(18)13(9)10/h7-8,17H,4-6H2,1-3H3,(H,16,19). The molecule has 1 aromatic carbocycles. The Balaban J connectivity index is 2.29. The summed E-state index contributed by atoms with van der Waals surface area (Å²) in [6, 6.07) is 3.02. The first-order chi connectivity index (χ1) is 9.28. The molecule has 0 spiro atoms. The van der Waals surface area contributed by atoms with Crippen LogP contribution < -0.4 is 5.32 Å². The molecule has 0 aromatic heterocycles. The molecule has 0 bridgehead atoms. The number of rotatable bonds is 1. The van der Waals surface area contributed by atoms with Crippen LogP contribution in [0.2, 0.25) is 0 Å². The van der Waals surface area contributed by atoms with Crippen molar-refractivity contribution in [1.82, 2.24) is 0 Å². The lowest BCUT2D eigenvalue weighted by molar-refractivity contribution is 0.0636. The summed E-state index contributed by atoms with van der Waals surface area (Å²) >= 11 is 0. The number of carbonyl (C=O) groups is 2. The van der Waals surface area contributed by atoms with E-state index in [0.29, 0.717) is 29.7 Å². The van der Waals surface area contributed by atoms with Crippen molar-refractivity contribution in [3.05, 3.63) is 23.3 Å². The summed E-state index contributed by atoms with van der Waals surface area (Å²) in [7, 11) is 0. The van der Waals surface area contributed by atoms with Crippen LogP contribution in [-0.4, -0.2) is 22.6 Å². The molecule has 5 heteroatoms. The first kappa shape index (κ1) is 14.4. The van der Waals surface area contributed by atoms with Gasteiger partial charge in [0.05, 0.1) is 5.69 Å². The molecule has 0 saturated carbocycles. The van der Waals surface area contributed by atoms with Gasteiger partial charge in [0.25, 0.3) is 0 Å². The Morgan fingerprint density at radius 3 is 2.65 bits per heavy atom. The molecular formula is C15H19NO4. The zero-order valence-electron chi connectivity index (χ0n) is 11.9. The molecule has 0 saturated heterocycles. The monoisotopic (exact) mass is 277 g/mol. The topological polar surface area (TPSA) is 75.6 Å². The molecule has 0 heterocycles. The number of ether oxygens (including phenoxy) is 1. The highest BCUT2D eigenvalue weighted by Gasteiger charge is 2.25. The van der Waals surface area contributed by atoms with E-state index >= 15 is 0 Å². The second-order valence-electron chi connectivity index (χ2n) is 5.89. The van der Waals surface area contributed by atoms with Gasteiger partial charge in [-0.1, -0.05) is 0 Å². The molecule has 108 valence electrons. The normalized spacial score (nSPS) is 14.7. The number of anilines is 1. The summed E-state index contributed by atoms with van der Waals surface area (Å²) < 4.78 is 5.17. The maximum atomic E-state index is 12.0. The first-order valence-electron chi connectivity index (χ1n) is 6.66. The number of phenols is 1. The molecule has 2 N–H and O–H groups in total. The van der Waals surface area contributed by atoms with Crippen LogP contribution >= 0.6 is 0 Å². The molecule has 0 atom stereocenters. The van der Waals surface area contributed by atoms with Crippen LogP contribution in [0.25, 0.3) is 0 Å². The fraction of sp³-hybridized carbons (Fsp3) is 0.467. The largest absolute Gasteiger partial charge is 0.508 e. The summed E-state index contributed by atoms with van der Waals surface area (Å²) in [5.41, 5.74) is 0.805. The van der Waals surface area contributed by atoms with E-state index in [1.165, 1.54) is 12.1 Å². The Labute approximate surface area is 117 Å². The summed E-state index contributed by atoms with van der Waals surface area (Å²) in [5.74, 6) is 0.0380. The Morgan fingerprint density at radius 1 is 1.30 bits per heavy atom. The van der Waals surface area contributed by atoms with E-state index in [1.54, 1.807) is 20.8 Å². The number of amides is 1. The Hall–Kier alpha value is -2.04. The first-order valence-corrected chi connectivity index (χ1v) is 6.66. The van der Waals surface area contributed by atoms with Gasteiger partial charge in [0.1, 0.15) is 11.4 Å². The van der Waals surface area contributed by atoms with Gasteiger partial charge in [-0.25, -0.2) is 4.79 Å². The Bertz CT molecular complexity index is 558. The van der Waals surface area contributed by atoms with Crippen molar-refractivity contribution in [1.29, 1.82) is 0 Å². The third-order valence-corrected chi connectivity index (χ3v) is 3.03. The van der Waals surface area contributed by atoms with Crippen molar-refractivity contribution in [2.45, 2.75) is 45.6 Å². The van der Waals surface area contributed by atoms with Crippen molar-refractivity contribution >= 4 is 17.6 Å². The highest BCUT2D eigenvalue weighted by Crippen LogP contribution is 2.34. The number of Topliss-reactive ketones (excluding diaryl/α,β-unsaturated/α-hetero) is 1. The molecule has 0 radical (unpaired) electrons. The second kappa shape index (κ2) is 5.15. The second-order valence-corrected chi connectivity index (χ2v) is 5.89.